The Morgan fingerprint density at radius 2 is 1.93 bits per heavy atom. The van der Waals surface area contributed by atoms with Gasteiger partial charge in [-0.3, -0.25) is 4.79 Å². The molecular weight excluding hydrogens is 409 g/mol. The van der Waals surface area contributed by atoms with E-state index in [0.29, 0.717) is 45.5 Å². The number of aromatic nitrogens is 1. The summed E-state index contributed by atoms with van der Waals surface area (Å²) in [6, 6.07) is 5.45. The molecule has 5 rings (SSSR count). The van der Waals surface area contributed by atoms with Gasteiger partial charge in [0, 0.05) is 28.9 Å². The lowest BCUT2D eigenvalue weighted by Gasteiger charge is -2.37. The fraction of sp³-hybridized carbons (Fsp3) is 0.565. The molecule has 154 valence electrons. The average molecular weight is 434 g/mol. The van der Waals surface area contributed by atoms with Gasteiger partial charge in [-0.1, -0.05) is 41.3 Å². The summed E-state index contributed by atoms with van der Waals surface area (Å²) in [5, 5.41) is 5.45. The van der Waals surface area contributed by atoms with Crippen LogP contribution in [0.2, 0.25) is 10.0 Å². The summed E-state index contributed by atoms with van der Waals surface area (Å²) in [6.45, 7) is 4.73. The summed E-state index contributed by atoms with van der Waals surface area (Å²) in [4.78, 5) is 12.5. The Labute approximate surface area is 180 Å². The number of fused-ring (bicyclic) bond motifs is 2. The van der Waals surface area contributed by atoms with Gasteiger partial charge in [0.2, 0.25) is 0 Å². The molecule has 2 aromatic rings. The first-order valence-corrected chi connectivity index (χ1v) is 11.2. The average Bonchev–Trinajstić information content (AvgIpc) is 3.40. The first-order chi connectivity index (χ1) is 13.9. The molecule has 2 bridgehead atoms. The van der Waals surface area contributed by atoms with Crippen molar-refractivity contribution in [3.63, 3.8) is 0 Å². The van der Waals surface area contributed by atoms with Crippen LogP contribution in [0.4, 0.5) is 0 Å². The van der Waals surface area contributed by atoms with Gasteiger partial charge in [0.05, 0.1) is 22.3 Å². The number of carbonyl (C=O) groups is 1. The predicted molar refractivity (Wildman–Crippen MR) is 112 cm³/mol. The Morgan fingerprint density at radius 3 is 2.59 bits per heavy atom. The largest absolute Gasteiger partial charge is 0.370 e. The number of carbonyl (C=O) groups excluding carboxylic acids is 1. The number of benzene rings is 1. The Morgan fingerprint density at radius 1 is 1.21 bits per heavy atom. The van der Waals surface area contributed by atoms with Crippen molar-refractivity contribution in [2.45, 2.75) is 64.1 Å². The van der Waals surface area contributed by atoms with Crippen molar-refractivity contribution in [3.8, 4) is 11.3 Å². The van der Waals surface area contributed by atoms with Crippen molar-refractivity contribution in [2.24, 2.45) is 17.8 Å². The van der Waals surface area contributed by atoms with Crippen molar-refractivity contribution < 1.29 is 14.1 Å². The smallest absolute Gasteiger partial charge is 0.145 e. The zero-order valence-electron chi connectivity index (χ0n) is 16.7. The summed E-state index contributed by atoms with van der Waals surface area (Å²) in [5.41, 5.74) is 2.01. The van der Waals surface area contributed by atoms with Gasteiger partial charge in [-0.05, 0) is 57.1 Å². The van der Waals surface area contributed by atoms with Crippen LogP contribution in [0.1, 0.15) is 63.2 Å². The molecule has 3 saturated carbocycles. The zero-order chi connectivity index (χ0) is 20.3. The van der Waals surface area contributed by atoms with Crippen molar-refractivity contribution >= 4 is 29.0 Å². The van der Waals surface area contributed by atoms with E-state index in [0.717, 1.165) is 43.4 Å². The maximum absolute atomic E-state index is 12.5. The van der Waals surface area contributed by atoms with Gasteiger partial charge in [0.25, 0.3) is 0 Å². The number of ketones is 1. The monoisotopic (exact) mass is 433 g/mol. The summed E-state index contributed by atoms with van der Waals surface area (Å²) in [7, 11) is 0. The maximum atomic E-state index is 12.5. The number of rotatable bonds is 5. The van der Waals surface area contributed by atoms with E-state index < -0.39 is 0 Å². The number of halogens is 2. The summed E-state index contributed by atoms with van der Waals surface area (Å²) >= 11 is 12.9. The number of ether oxygens (including phenoxy) is 1. The lowest BCUT2D eigenvalue weighted by molar-refractivity contribution is -0.139. The zero-order valence-corrected chi connectivity index (χ0v) is 18.2. The third kappa shape index (κ3) is 3.43. The maximum Gasteiger partial charge on any atom is 0.145 e. The molecule has 0 spiro atoms. The first kappa shape index (κ1) is 19.6. The van der Waals surface area contributed by atoms with Crippen LogP contribution in [-0.4, -0.2) is 16.5 Å². The van der Waals surface area contributed by atoms with E-state index in [-0.39, 0.29) is 17.4 Å². The molecule has 0 N–H and O–H groups in total. The molecule has 6 heteroatoms. The summed E-state index contributed by atoms with van der Waals surface area (Å²) < 4.78 is 12.3. The molecule has 3 fully saturated rings. The second-order valence-electron chi connectivity index (χ2n) is 9.31. The van der Waals surface area contributed by atoms with Crippen molar-refractivity contribution in [2.75, 3.05) is 0 Å². The molecule has 1 heterocycles. The highest BCUT2D eigenvalue weighted by atomic mass is 35.5. The molecule has 3 unspecified atom stereocenters. The Bertz CT molecular complexity index is 947. The fourth-order valence-electron chi connectivity index (χ4n) is 5.28. The Kier molecular flexibility index (Phi) is 4.80. The second kappa shape index (κ2) is 7.11. The van der Waals surface area contributed by atoms with Crippen LogP contribution in [0.3, 0.4) is 0 Å². The van der Waals surface area contributed by atoms with Crippen LogP contribution in [0.15, 0.2) is 22.7 Å². The van der Waals surface area contributed by atoms with Gasteiger partial charge in [-0.2, -0.15) is 0 Å². The van der Waals surface area contributed by atoms with Crippen LogP contribution in [0.5, 0.6) is 0 Å². The molecule has 0 aliphatic heterocycles. The Balaban J connectivity index is 1.44. The first-order valence-electron chi connectivity index (χ1n) is 10.5. The topological polar surface area (TPSA) is 52.3 Å². The van der Waals surface area contributed by atoms with Crippen LogP contribution in [0, 0.1) is 17.8 Å². The summed E-state index contributed by atoms with van der Waals surface area (Å²) in [6.07, 6.45) is 4.77. The van der Waals surface area contributed by atoms with E-state index in [1.807, 2.05) is 18.2 Å². The van der Waals surface area contributed by atoms with Crippen LogP contribution in [-0.2, 0) is 16.1 Å². The third-order valence-corrected chi connectivity index (χ3v) is 7.60. The minimum Gasteiger partial charge on any atom is -0.370 e. The van der Waals surface area contributed by atoms with Crippen LogP contribution < -0.4 is 0 Å². The van der Waals surface area contributed by atoms with Crippen LogP contribution in [0.25, 0.3) is 11.3 Å². The van der Waals surface area contributed by atoms with Crippen LogP contribution >= 0.6 is 23.2 Å². The van der Waals surface area contributed by atoms with E-state index in [4.69, 9.17) is 32.5 Å². The van der Waals surface area contributed by atoms with E-state index in [9.17, 15) is 4.79 Å². The highest BCUT2D eigenvalue weighted by molar-refractivity contribution is 6.39. The molecule has 0 saturated heterocycles. The molecule has 3 aliphatic rings. The third-order valence-electron chi connectivity index (χ3n) is 6.97. The molecule has 0 amide bonds. The predicted octanol–water partition coefficient (Wildman–Crippen LogP) is 6.44. The lowest BCUT2D eigenvalue weighted by Crippen LogP contribution is -2.41. The number of hydrogen-bond donors (Lipinski definition) is 0. The van der Waals surface area contributed by atoms with Crippen molar-refractivity contribution in [3.05, 3.63) is 39.6 Å². The molecule has 4 atom stereocenters. The fourth-order valence-corrected chi connectivity index (χ4v) is 5.86. The molecule has 1 aromatic heterocycles. The van der Waals surface area contributed by atoms with Crippen molar-refractivity contribution in [1.82, 2.24) is 5.16 Å². The molecule has 29 heavy (non-hydrogen) atoms. The number of Topliss-reactive ketones (excluding diaryl/α,β-unsaturated/α-hetero) is 1. The number of hydrogen-bond acceptors (Lipinski definition) is 4. The van der Waals surface area contributed by atoms with Gasteiger partial charge < -0.3 is 9.26 Å². The van der Waals surface area contributed by atoms with E-state index in [1.54, 1.807) is 0 Å². The van der Waals surface area contributed by atoms with Gasteiger partial charge in [0.1, 0.15) is 17.2 Å². The highest BCUT2D eigenvalue weighted by Gasteiger charge is 2.51. The molecule has 0 radical (unpaired) electrons. The van der Waals surface area contributed by atoms with Gasteiger partial charge >= 0.3 is 0 Å². The molecule has 4 nitrogen and oxygen atoms in total. The van der Waals surface area contributed by atoms with E-state index in [2.05, 4.69) is 19.0 Å². The van der Waals surface area contributed by atoms with Crippen molar-refractivity contribution in [1.29, 1.82) is 0 Å². The standard InChI is InChI=1S/C23H25Cl2NO3/c1-12-8-14-9-23(2,10-15(12)21(14)27)28-11-16-20(26-29-22(16)13-6-7-13)19-17(24)4-3-5-18(19)25/h3-5,12-15H,6-11H2,1-2H3/t12?,14-,15?,23?/m1/s1. The van der Waals surface area contributed by atoms with E-state index in [1.165, 1.54) is 0 Å². The normalized spacial score (nSPS) is 31.4. The van der Waals surface area contributed by atoms with Gasteiger partial charge in [0.15, 0.2) is 0 Å². The number of nitrogens with zero attached hydrogens (tertiary/aromatic N) is 1. The SMILES string of the molecule is CC1C[C@@H]2CC(C)(OCc3c(-c4c(Cl)cccc4Cl)noc3C3CC3)CC1C2=O. The minimum absolute atomic E-state index is 0.126. The minimum atomic E-state index is -0.312. The Hall–Kier alpha value is -1.36. The van der Waals surface area contributed by atoms with Gasteiger partial charge in [-0.15, -0.1) is 0 Å². The highest BCUT2D eigenvalue weighted by Crippen LogP contribution is 2.50. The molecule has 3 aliphatic carbocycles. The quantitative estimate of drug-likeness (QED) is 0.544. The molecule has 1 aromatic carbocycles. The lowest BCUT2D eigenvalue weighted by atomic mass is 9.76. The van der Waals surface area contributed by atoms with Gasteiger partial charge in [-0.25, -0.2) is 0 Å². The van der Waals surface area contributed by atoms with E-state index >= 15 is 0 Å². The summed E-state index contributed by atoms with van der Waals surface area (Å²) in [5.74, 6) is 2.44. The second-order valence-corrected chi connectivity index (χ2v) is 10.1. The molecular formula is C23H25Cl2NO3.